The first-order valence-corrected chi connectivity index (χ1v) is 17.3. The first kappa shape index (κ1) is 30.6. The van der Waals surface area contributed by atoms with Crippen molar-refractivity contribution in [3.63, 3.8) is 0 Å². The summed E-state index contributed by atoms with van der Waals surface area (Å²) in [5.41, 5.74) is 2.35. The molecule has 5 nitrogen and oxygen atoms in total. The number of carboxylic acids is 1. The Bertz CT molecular complexity index is 1810. The molecule has 2 aliphatic carbocycles. The molecule has 0 bridgehead atoms. The Morgan fingerprint density at radius 3 is 2.46 bits per heavy atom. The highest BCUT2D eigenvalue weighted by Crippen LogP contribution is 2.56. The van der Waals surface area contributed by atoms with Gasteiger partial charge >= 0.3 is 5.97 Å². The molecule has 2 aliphatic rings. The maximum absolute atomic E-state index is 12.9. The number of carboxylic acid groups (broad SMARTS) is 1. The molecule has 0 radical (unpaired) electrons. The minimum atomic E-state index is -1.05. The van der Waals surface area contributed by atoms with E-state index in [9.17, 15) is 9.90 Å². The van der Waals surface area contributed by atoms with Crippen molar-refractivity contribution < 1.29 is 19.4 Å². The molecule has 5 aromatic rings. The number of thiophene rings is 1. The molecule has 1 spiro atoms. The van der Waals surface area contributed by atoms with Crippen LogP contribution >= 0.6 is 22.9 Å². The van der Waals surface area contributed by atoms with E-state index in [-0.39, 0.29) is 11.3 Å². The van der Waals surface area contributed by atoms with E-state index in [4.69, 9.17) is 21.1 Å². The Hall–Kier alpha value is -4.00. The summed E-state index contributed by atoms with van der Waals surface area (Å²) in [7, 11) is 0. The molecule has 46 heavy (non-hydrogen) atoms. The quantitative estimate of drug-likeness (QED) is 0.149. The number of fused-ring (bicyclic) bond motifs is 3. The van der Waals surface area contributed by atoms with Gasteiger partial charge in [-0.15, -0.1) is 11.3 Å². The van der Waals surface area contributed by atoms with Gasteiger partial charge in [-0.3, -0.25) is 0 Å². The van der Waals surface area contributed by atoms with Crippen molar-refractivity contribution in [3.8, 4) is 11.5 Å². The average Bonchev–Trinajstić information content (AvgIpc) is 3.67. The van der Waals surface area contributed by atoms with Gasteiger partial charge in [0.15, 0.2) is 0 Å². The van der Waals surface area contributed by atoms with Crippen LogP contribution in [0.25, 0.3) is 10.1 Å². The minimum absolute atomic E-state index is 0.107. The summed E-state index contributed by atoms with van der Waals surface area (Å²) in [5, 5.41) is 17.8. The molecule has 0 aliphatic heterocycles. The van der Waals surface area contributed by atoms with Crippen molar-refractivity contribution in [3.05, 3.63) is 125 Å². The second-order valence-electron chi connectivity index (χ2n) is 12.9. The third-order valence-corrected chi connectivity index (χ3v) is 11.4. The van der Waals surface area contributed by atoms with Crippen molar-refractivity contribution in [1.29, 1.82) is 0 Å². The predicted molar refractivity (Wildman–Crippen MR) is 187 cm³/mol. The fourth-order valence-electron chi connectivity index (χ4n) is 7.81. The molecule has 0 amide bonds. The van der Waals surface area contributed by atoms with Crippen LogP contribution in [-0.2, 0) is 16.6 Å². The summed E-state index contributed by atoms with van der Waals surface area (Å²) >= 11 is 7.96. The first-order chi connectivity index (χ1) is 22.4. The lowest BCUT2D eigenvalue weighted by Gasteiger charge is -2.47. The van der Waals surface area contributed by atoms with Gasteiger partial charge in [0, 0.05) is 16.6 Å². The van der Waals surface area contributed by atoms with Gasteiger partial charge in [0.25, 0.3) is 0 Å². The third-order valence-electron chi connectivity index (χ3n) is 10.2. The fourth-order valence-corrected chi connectivity index (χ4v) is 8.87. The van der Waals surface area contributed by atoms with Gasteiger partial charge in [-0.1, -0.05) is 72.3 Å². The Morgan fingerprint density at radius 1 is 0.891 bits per heavy atom. The lowest BCUT2D eigenvalue weighted by atomic mass is 9.59. The van der Waals surface area contributed by atoms with E-state index in [0.717, 1.165) is 42.9 Å². The van der Waals surface area contributed by atoms with E-state index < -0.39 is 11.5 Å². The van der Waals surface area contributed by atoms with Crippen molar-refractivity contribution in [1.82, 2.24) is 0 Å². The molecule has 4 aromatic carbocycles. The van der Waals surface area contributed by atoms with Crippen LogP contribution in [0.1, 0.15) is 43.2 Å². The molecular formula is C39H38ClNO4S. The monoisotopic (exact) mass is 651 g/mol. The molecule has 1 fully saturated rings. The van der Waals surface area contributed by atoms with Crippen LogP contribution < -0.4 is 14.8 Å². The topological polar surface area (TPSA) is 67.8 Å². The summed E-state index contributed by atoms with van der Waals surface area (Å²) in [5.74, 6) is 1.44. The highest BCUT2D eigenvalue weighted by atomic mass is 35.5. The summed E-state index contributed by atoms with van der Waals surface area (Å²) in [6, 6.07) is 34.5. The standard InChI is InChI=1S/C39H38ClNO4S/c40-31-10-7-11-32(24-31)41-39(37(42)43)19-17-38(18-20-39)30(23-29-8-4-5-14-34(29)38)22-27(25-44-33-12-2-1-3-13-33)26-45-35-15-6-9-28-16-21-46-36(28)35/h1-16,21,24,27,30,41H,17-20,22-23,25-26H2,(H,42,43). The lowest BCUT2D eigenvalue weighted by Crippen LogP contribution is -2.53. The zero-order valence-electron chi connectivity index (χ0n) is 25.7. The number of ether oxygens (including phenoxy) is 2. The van der Waals surface area contributed by atoms with Gasteiger partial charge in [0.05, 0.1) is 17.9 Å². The molecule has 7 rings (SSSR count). The van der Waals surface area contributed by atoms with Crippen LogP contribution in [0.3, 0.4) is 0 Å². The van der Waals surface area contributed by atoms with Crippen LogP contribution in [0, 0.1) is 11.8 Å². The number of aliphatic carboxylic acids is 1. The van der Waals surface area contributed by atoms with Gasteiger partial charge in [0.1, 0.15) is 17.0 Å². The smallest absolute Gasteiger partial charge is 0.329 e. The zero-order valence-corrected chi connectivity index (χ0v) is 27.2. The second kappa shape index (κ2) is 13.0. The fraction of sp³-hybridized carbons (Fsp3) is 0.308. The van der Waals surface area contributed by atoms with Crippen LogP contribution in [-0.4, -0.2) is 29.8 Å². The Labute approximate surface area is 279 Å². The summed E-state index contributed by atoms with van der Waals surface area (Å²) in [6.07, 6.45) is 4.53. The zero-order chi connectivity index (χ0) is 31.6. The van der Waals surface area contributed by atoms with Gasteiger partial charge < -0.3 is 19.9 Å². The van der Waals surface area contributed by atoms with E-state index in [2.05, 4.69) is 59.2 Å². The molecule has 1 aromatic heterocycles. The van der Waals surface area contributed by atoms with Crippen molar-refractivity contribution in [2.75, 3.05) is 18.5 Å². The van der Waals surface area contributed by atoms with Gasteiger partial charge in [0.2, 0.25) is 0 Å². The Kier molecular flexibility index (Phi) is 8.67. The van der Waals surface area contributed by atoms with Crippen molar-refractivity contribution in [2.45, 2.75) is 49.5 Å². The van der Waals surface area contributed by atoms with Crippen LogP contribution in [0.2, 0.25) is 5.02 Å². The number of nitrogens with one attached hydrogen (secondary N) is 1. The average molecular weight is 652 g/mol. The number of hydrogen-bond donors (Lipinski definition) is 2. The van der Waals surface area contributed by atoms with Gasteiger partial charge in [-0.05, 0) is 114 Å². The molecule has 2 N–H and O–H groups in total. The maximum Gasteiger partial charge on any atom is 0.329 e. The molecule has 7 heteroatoms. The number of anilines is 1. The highest BCUT2D eigenvalue weighted by molar-refractivity contribution is 7.17. The number of hydrogen-bond acceptors (Lipinski definition) is 5. The van der Waals surface area contributed by atoms with E-state index in [1.807, 2.05) is 42.5 Å². The largest absolute Gasteiger partial charge is 0.493 e. The van der Waals surface area contributed by atoms with Crippen molar-refractivity contribution >= 4 is 44.7 Å². The lowest BCUT2D eigenvalue weighted by molar-refractivity contribution is -0.144. The molecule has 236 valence electrons. The number of para-hydroxylation sites is 1. The highest BCUT2D eigenvalue weighted by Gasteiger charge is 2.54. The van der Waals surface area contributed by atoms with E-state index in [0.29, 0.717) is 37.0 Å². The van der Waals surface area contributed by atoms with Crippen LogP contribution in [0.5, 0.6) is 11.5 Å². The summed E-state index contributed by atoms with van der Waals surface area (Å²) in [6.45, 7) is 1.09. The Morgan fingerprint density at radius 2 is 1.65 bits per heavy atom. The van der Waals surface area contributed by atoms with Crippen LogP contribution in [0.15, 0.2) is 109 Å². The number of rotatable bonds is 11. The number of benzene rings is 4. The maximum atomic E-state index is 12.9. The summed E-state index contributed by atoms with van der Waals surface area (Å²) < 4.78 is 14.1. The summed E-state index contributed by atoms with van der Waals surface area (Å²) in [4.78, 5) is 12.9. The van der Waals surface area contributed by atoms with Crippen LogP contribution in [0.4, 0.5) is 5.69 Å². The molecule has 0 saturated heterocycles. The van der Waals surface area contributed by atoms with Gasteiger partial charge in [-0.2, -0.15) is 0 Å². The van der Waals surface area contributed by atoms with E-state index >= 15 is 0 Å². The normalized spacial score (nSPS) is 22.8. The second-order valence-corrected chi connectivity index (χ2v) is 14.2. The third kappa shape index (κ3) is 6.08. The van der Waals surface area contributed by atoms with E-state index in [1.54, 1.807) is 23.5 Å². The molecule has 2 unspecified atom stereocenters. The molecular weight excluding hydrogens is 614 g/mol. The molecule has 1 heterocycles. The first-order valence-electron chi connectivity index (χ1n) is 16.1. The van der Waals surface area contributed by atoms with Gasteiger partial charge in [-0.25, -0.2) is 4.79 Å². The number of halogens is 1. The molecule has 2 atom stereocenters. The SMILES string of the molecule is O=C(O)C1(Nc2cccc(Cl)c2)CCC2(CC1)c1ccccc1CC2CC(COc1ccccc1)COc1cccc2ccsc12. The Balaban J connectivity index is 1.15. The van der Waals surface area contributed by atoms with Crippen molar-refractivity contribution in [2.24, 2.45) is 11.8 Å². The van der Waals surface area contributed by atoms with E-state index in [1.165, 1.54) is 21.2 Å². The predicted octanol–water partition coefficient (Wildman–Crippen LogP) is 9.64. The minimum Gasteiger partial charge on any atom is -0.493 e. The number of carbonyl (C=O) groups is 1. The molecule has 1 saturated carbocycles.